The van der Waals surface area contributed by atoms with Gasteiger partial charge in [0.25, 0.3) is 0 Å². The van der Waals surface area contributed by atoms with E-state index in [-0.39, 0.29) is 0 Å². The fourth-order valence-electron chi connectivity index (χ4n) is 1.54. The number of aliphatic imine (C=N–C) groups is 1. The predicted molar refractivity (Wildman–Crippen MR) is 69.4 cm³/mol. The van der Waals surface area contributed by atoms with Gasteiger partial charge in [-0.3, -0.25) is 0 Å². The zero-order valence-electron chi connectivity index (χ0n) is 10.2. The van der Waals surface area contributed by atoms with Crippen LogP contribution in [0.2, 0.25) is 0 Å². The van der Waals surface area contributed by atoms with Crippen molar-refractivity contribution in [2.24, 2.45) is 10.7 Å². The summed E-state index contributed by atoms with van der Waals surface area (Å²) in [7, 11) is 0. The molecule has 0 saturated heterocycles. The SMILES string of the molecule is CCCNC(N)=NCc1ccccc1CC. The highest BCUT2D eigenvalue weighted by molar-refractivity contribution is 5.77. The summed E-state index contributed by atoms with van der Waals surface area (Å²) in [6.07, 6.45) is 2.09. The third-order valence-electron chi connectivity index (χ3n) is 2.48. The lowest BCUT2D eigenvalue weighted by molar-refractivity contribution is 0.824. The second kappa shape index (κ2) is 6.88. The van der Waals surface area contributed by atoms with E-state index in [4.69, 9.17) is 5.73 Å². The van der Waals surface area contributed by atoms with Crippen LogP contribution in [-0.2, 0) is 13.0 Å². The highest BCUT2D eigenvalue weighted by Crippen LogP contribution is 2.10. The lowest BCUT2D eigenvalue weighted by atomic mass is 10.1. The van der Waals surface area contributed by atoms with Gasteiger partial charge >= 0.3 is 0 Å². The van der Waals surface area contributed by atoms with E-state index in [1.54, 1.807) is 0 Å². The molecule has 0 unspecified atom stereocenters. The molecule has 0 aromatic heterocycles. The summed E-state index contributed by atoms with van der Waals surface area (Å²) >= 11 is 0. The van der Waals surface area contributed by atoms with Gasteiger partial charge in [0.15, 0.2) is 5.96 Å². The molecule has 0 heterocycles. The zero-order valence-corrected chi connectivity index (χ0v) is 10.2. The van der Waals surface area contributed by atoms with Crippen LogP contribution < -0.4 is 11.1 Å². The summed E-state index contributed by atoms with van der Waals surface area (Å²) in [6.45, 7) is 5.80. The monoisotopic (exact) mass is 219 g/mol. The van der Waals surface area contributed by atoms with Crippen LogP contribution >= 0.6 is 0 Å². The van der Waals surface area contributed by atoms with E-state index in [1.165, 1.54) is 11.1 Å². The summed E-state index contributed by atoms with van der Waals surface area (Å²) in [5.41, 5.74) is 8.34. The molecule has 0 atom stereocenters. The van der Waals surface area contributed by atoms with Gasteiger partial charge < -0.3 is 11.1 Å². The van der Waals surface area contributed by atoms with E-state index in [0.717, 1.165) is 19.4 Å². The van der Waals surface area contributed by atoms with Crippen molar-refractivity contribution in [1.82, 2.24) is 5.32 Å². The maximum Gasteiger partial charge on any atom is 0.188 e. The summed E-state index contributed by atoms with van der Waals surface area (Å²) in [5.74, 6) is 0.535. The van der Waals surface area contributed by atoms with Crippen LogP contribution in [0.5, 0.6) is 0 Å². The van der Waals surface area contributed by atoms with Crippen molar-refractivity contribution >= 4 is 5.96 Å². The topological polar surface area (TPSA) is 50.4 Å². The average molecular weight is 219 g/mol. The van der Waals surface area contributed by atoms with Crippen LogP contribution in [0.4, 0.5) is 0 Å². The van der Waals surface area contributed by atoms with Gasteiger partial charge in [0.05, 0.1) is 6.54 Å². The number of rotatable bonds is 5. The molecule has 1 aromatic rings. The molecular weight excluding hydrogens is 198 g/mol. The first-order chi connectivity index (χ1) is 7.77. The molecule has 3 heteroatoms. The highest BCUT2D eigenvalue weighted by atomic mass is 15.1. The molecule has 0 saturated carbocycles. The molecule has 3 nitrogen and oxygen atoms in total. The smallest absolute Gasteiger partial charge is 0.188 e. The molecule has 1 aromatic carbocycles. The summed E-state index contributed by atoms with van der Waals surface area (Å²) in [5, 5.41) is 3.07. The van der Waals surface area contributed by atoms with Crippen molar-refractivity contribution in [2.45, 2.75) is 33.2 Å². The van der Waals surface area contributed by atoms with Gasteiger partial charge in [0, 0.05) is 6.54 Å². The van der Waals surface area contributed by atoms with Crippen molar-refractivity contribution in [3.05, 3.63) is 35.4 Å². The van der Waals surface area contributed by atoms with Crippen molar-refractivity contribution in [2.75, 3.05) is 6.54 Å². The number of hydrogen-bond acceptors (Lipinski definition) is 1. The Morgan fingerprint density at radius 2 is 1.94 bits per heavy atom. The maximum absolute atomic E-state index is 5.74. The minimum Gasteiger partial charge on any atom is -0.370 e. The second-order valence-corrected chi connectivity index (χ2v) is 3.75. The van der Waals surface area contributed by atoms with E-state index >= 15 is 0 Å². The fraction of sp³-hybridized carbons (Fsp3) is 0.462. The molecule has 16 heavy (non-hydrogen) atoms. The van der Waals surface area contributed by atoms with Gasteiger partial charge in [0.2, 0.25) is 0 Å². The first-order valence-corrected chi connectivity index (χ1v) is 5.88. The first-order valence-electron chi connectivity index (χ1n) is 5.88. The molecule has 1 rings (SSSR count). The van der Waals surface area contributed by atoms with Crippen LogP contribution in [0.1, 0.15) is 31.4 Å². The summed E-state index contributed by atoms with van der Waals surface area (Å²) in [6, 6.07) is 8.35. The Kier molecular flexibility index (Phi) is 5.40. The minimum atomic E-state index is 0.535. The number of nitrogens with zero attached hydrogens (tertiary/aromatic N) is 1. The van der Waals surface area contributed by atoms with Crippen LogP contribution in [0.15, 0.2) is 29.3 Å². The minimum absolute atomic E-state index is 0.535. The van der Waals surface area contributed by atoms with Crippen LogP contribution in [0, 0.1) is 0 Å². The number of benzene rings is 1. The molecule has 0 aliphatic carbocycles. The van der Waals surface area contributed by atoms with Crippen LogP contribution in [-0.4, -0.2) is 12.5 Å². The number of aryl methyl sites for hydroxylation is 1. The van der Waals surface area contributed by atoms with Gasteiger partial charge in [-0.15, -0.1) is 0 Å². The Morgan fingerprint density at radius 1 is 1.25 bits per heavy atom. The lowest BCUT2D eigenvalue weighted by Gasteiger charge is -2.06. The molecule has 0 aliphatic heterocycles. The van der Waals surface area contributed by atoms with Gasteiger partial charge in [-0.1, -0.05) is 38.1 Å². The lowest BCUT2D eigenvalue weighted by Crippen LogP contribution is -2.32. The van der Waals surface area contributed by atoms with Crippen molar-refractivity contribution < 1.29 is 0 Å². The predicted octanol–water partition coefficient (Wildman–Crippen LogP) is 2.06. The zero-order chi connectivity index (χ0) is 11.8. The van der Waals surface area contributed by atoms with Crippen LogP contribution in [0.25, 0.3) is 0 Å². The van der Waals surface area contributed by atoms with Gasteiger partial charge in [-0.2, -0.15) is 0 Å². The molecule has 3 N–H and O–H groups in total. The standard InChI is InChI=1S/C13H21N3/c1-3-9-15-13(14)16-10-12-8-6-5-7-11(12)4-2/h5-8H,3-4,9-10H2,1-2H3,(H3,14,15,16). The number of nitrogens with two attached hydrogens (primary N) is 1. The van der Waals surface area contributed by atoms with E-state index < -0.39 is 0 Å². The molecule has 0 radical (unpaired) electrons. The largest absolute Gasteiger partial charge is 0.370 e. The van der Waals surface area contributed by atoms with Crippen molar-refractivity contribution in [3.8, 4) is 0 Å². The van der Waals surface area contributed by atoms with E-state index in [0.29, 0.717) is 12.5 Å². The number of guanidine groups is 1. The molecule has 0 aliphatic rings. The van der Waals surface area contributed by atoms with Gasteiger partial charge in [-0.25, -0.2) is 4.99 Å². The Bertz CT molecular complexity index is 345. The molecule has 0 spiro atoms. The Labute approximate surface area is 97.8 Å². The van der Waals surface area contributed by atoms with E-state index in [1.807, 2.05) is 6.07 Å². The second-order valence-electron chi connectivity index (χ2n) is 3.75. The third kappa shape index (κ3) is 3.93. The highest BCUT2D eigenvalue weighted by Gasteiger charge is 1.98. The molecule has 0 amide bonds. The molecule has 88 valence electrons. The molecule has 0 bridgehead atoms. The summed E-state index contributed by atoms with van der Waals surface area (Å²) in [4.78, 5) is 4.32. The van der Waals surface area contributed by atoms with Crippen molar-refractivity contribution in [1.29, 1.82) is 0 Å². The van der Waals surface area contributed by atoms with E-state index in [2.05, 4.69) is 42.4 Å². The third-order valence-corrected chi connectivity index (χ3v) is 2.48. The van der Waals surface area contributed by atoms with Gasteiger partial charge in [-0.05, 0) is 24.0 Å². The van der Waals surface area contributed by atoms with Gasteiger partial charge in [0.1, 0.15) is 0 Å². The normalized spacial score (nSPS) is 11.5. The molecule has 0 fully saturated rings. The van der Waals surface area contributed by atoms with E-state index in [9.17, 15) is 0 Å². The Morgan fingerprint density at radius 3 is 2.56 bits per heavy atom. The fourth-order valence-corrected chi connectivity index (χ4v) is 1.54. The quantitative estimate of drug-likeness (QED) is 0.588. The number of nitrogens with one attached hydrogen (secondary N) is 1. The first kappa shape index (κ1) is 12.6. The van der Waals surface area contributed by atoms with Crippen molar-refractivity contribution in [3.63, 3.8) is 0 Å². The number of hydrogen-bond donors (Lipinski definition) is 2. The van der Waals surface area contributed by atoms with Crippen LogP contribution in [0.3, 0.4) is 0 Å². The Hall–Kier alpha value is -1.51. The average Bonchev–Trinajstić information content (AvgIpc) is 2.34. The summed E-state index contributed by atoms with van der Waals surface area (Å²) < 4.78 is 0. The molecular formula is C13H21N3. The maximum atomic E-state index is 5.74. The Balaban J connectivity index is 2.59.